The summed E-state index contributed by atoms with van der Waals surface area (Å²) in [5.74, 6) is 0.282. The number of hydrogen-bond acceptors (Lipinski definition) is 9. The maximum Gasteiger partial charge on any atom is 0.282 e. The van der Waals surface area contributed by atoms with Gasteiger partial charge < -0.3 is 25.4 Å². The molecule has 0 amide bonds. The summed E-state index contributed by atoms with van der Waals surface area (Å²) < 4.78 is 29.2. The molecule has 46 heavy (non-hydrogen) atoms. The number of nitrogens with two attached hydrogens (primary N) is 1. The summed E-state index contributed by atoms with van der Waals surface area (Å²) in [5, 5.41) is 27.5. The molecule has 4 N–H and O–H groups in total. The number of aliphatic hydroxyl groups is 2. The standard InChI is InChI=1S/C33H36ClN7O4S/c34-33-36-31(35)28-25(26-14-18-41(38-26)46(44,45)23-9-5-2-6-10-23)20-40(32(28)37-33)27-19-24(29(42)30(27)43)22-12-16-39(17-13-22)15-11-21-7-3-1-4-8-21/h1-10,14,18,20,22,24,27,29-30,42-43H,11-13,15-17,19H2,(H2,35,36,37)/t24-,27-,29-,30+/m1/s1. The number of aliphatic hydroxyl groups excluding tert-OH is 2. The Bertz CT molecular complexity index is 1940. The molecule has 0 spiro atoms. The van der Waals surface area contributed by atoms with Crippen molar-refractivity contribution in [3.05, 3.63) is 90.0 Å². The van der Waals surface area contributed by atoms with E-state index >= 15 is 0 Å². The van der Waals surface area contributed by atoms with Crippen LogP contribution in [-0.4, -0.2) is 79.1 Å². The monoisotopic (exact) mass is 661 g/mol. The smallest absolute Gasteiger partial charge is 0.282 e. The predicted molar refractivity (Wildman–Crippen MR) is 176 cm³/mol. The molecule has 240 valence electrons. The SMILES string of the molecule is Nc1nc(Cl)nc2c1c(-c1ccn(S(=O)(=O)c3ccccc3)n1)cn2[C@@H]1C[C@H](C2CCN(CCc3ccccc3)CC2)[C@@H](O)[C@H]1O. The molecule has 2 aliphatic rings. The van der Waals surface area contributed by atoms with E-state index in [-0.39, 0.29) is 27.8 Å². The Balaban J connectivity index is 1.14. The number of halogens is 1. The fourth-order valence-electron chi connectivity index (χ4n) is 7.20. The minimum absolute atomic E-state index is 0.0551. The maximum atomic E-state index is 13.2. The van der Waals surface area contributed by atoms with Crippen molar-refractivity contribution in [2.24, 2.45) is 11.8 Å². The molecular formula is C33H36ClN7O4S. The van der Waals surface area contributed by atoms with Gasteiger partial charge in [-0.25, -0.2) is 4.98 Å². The first-order chi connectivity index (χ1) is 22.2. The zero-order chi connectivity index (χ0) is 32.0. The van der Waals surface area contributed by atoms with Crippen molar-refractivity contribution in [3.8, 4) is 11.3 Å². The van der Waals surface area contributed by atoms with E-state index in [1.54, 1.807) is 35.0 Å². The fraction of sp³-hybridized carbons (Fsp3) is 0.364. The number of nitrogen functional groups attached to an aromatic ring is 1. The van der Waals surface area contributed by atoms with E-state index in [2.05, 4.69) is 44.2 Å². The summed E-state index contributed by atoms with van der Waals surface area (Å²) in [4.78, 5) is 11.2. The number of nitrogens with zero attached hydrogens (tertiary/aromatic N) is 6. The van der Waals surface area contributed by atoms with Gasteiger partial charge in [0.15, 0.2) is 0 Å². The molecule has 2 aromatic carbocycles. The molecule has 1 saturated carbocycles. The minimum Gasteiger partial charge on any atom is -0.390 e. The minimum atomic E-state index is -3.92. The first-order valence-electron chi connectivity index (χ1n) is 15.5. The molecule has 4 atom stereocenters. The van der Waals surface area contributed by atoms with Gasteiger partial charge in [-0.2, -0.15) is 22.6 Å². The molecule has 0 unspecified atom stereocenters. The van der Waals surface area contributed by atoms with Crippen LogP contribution in [0.4, 0.5) is 5.82 Å². The average Bonchev–Trinajstić information content (AvgIpc) is 3.78. The van der Waals surface area contributed by atoms with Gasteiger partial charge in [-0.3, -0.25) is 0 Å². The van der Waals surface area contributed by atoms with Gasteiger partial charge in [0.1, 0.15) is 17.6 Å². The summed E-state index contributed by atoms with van der Waals surface area (Å²) in [6, 6.07) is 19.6. The van der Waals surface area contributed by atoms with Crippen molar-refractivity contribution >= 4 is 38.5 Å². The molecular weight excluding hydrogens is 626 g/mol. The third-order valence-electron chi connectivity index (χ3n) is 9.65. The van der Waals surface area contributed by atoms with Crippen molar-refractivity contribution in [2.45, 2.75) is 48.8 Å². The molecule has 0 bridgehead atoms. The van der Waals surface area contributed by atoms with Crippen LogP contribution in [0.2, 0.25) is 5.28 Å². The van der Waals surface area contributed by atoms with E-state index in [4.69, 9.17) is 17.3 Å². The van der Waals surface area contributed by atoms with Crippen LogP contribution in [0.3, 0.4) is 0 Å². The van der Waals surface area contributed by atoms with Crippen LogP contribution in [0.25, 0.3) is 22.3 Å². The highest BCUT2D eigenvalue weighted by Crippen LogP contribution is 2.45. The van der Waals surface area contributed by atoms with Crippen LogP contribution >= 0.6 is 11.6 Å². The van der Waals surface area contributed by atoms with Crippen LogP contribution in [0.1, 0.15) is 30.9 Å². The Labute approximate surface area is 272 Å². The number of hydrogen-bond donors (Lipinski definition) is 3. The van der Waals surface area contributed by atoms with E-state index in [9.17, 15) is 18.6 Å². The third kappa shape index (κ3) is 5.69. The van der Waals surface area contributed by atoms with E-state index < -0.39 is 28.3 Å². The second-order valence-electron chi connectivity index (χ2n) is 12.3. The van der Waals surface area contributed by atoms with Crippen molar-refractivity contribution < 1.29 is 18.6 Å². The Hall–Kier alpha value is -3.81. The Kier molecular flexibility index (Phi) is 8.32. The summed E-state index contributed by atoms with van der Waals surface area (Å²) in [7, 11) is -3.92. The highest BCUT2D eigenvalue weighted by Gasteiger charge is 2.46. The first-order valence-corrected chi connectivity index (χ1v) is 17.3. The van der Waals surface area contributed by atoms with Crippen LogP contribution in [0.5, 0.6) is 0 Å². The summed E-state index contributed by atoms with van der Waals surface area (Å²) >= 11 is 6.25. The van der Waals surface area contributed by atoms with Gasteiger partial charge in [-0.1, -0.05) is 48.5 Å². The third-order valence-corrected chi connectivity index (χ3v) is 11.4. The van der Waals surface area contributed by atoms with E-state index in [0.717, 1.165) is 43.0 Å². The van der Waals surface area contributed by atoms with Crippen molar-refractivity contribution in [2.75, 3.05) is 25.4 Å². The zero-order valence-electron chi connectivity index (χ0n) is 25.1. The number of fused-ring (bicyclic) bond motifs is 1. The van der Waals surface area contributed by atoms with Gasteiger partial charge >= 0.3 is 0 Å². The molecule has 4 heterocycles. The largest absolute Gasteiger partial charge is 0.390 e. The van der Waals surface area contributed by atoms with Gasteiger partial charge in [-0.15, -0.1) is 0 Å². The molecule has 11 nitrogen and oxygen atoms in total. The second-order valence-corrected chi connectivity index (χ2v) is 14.4. The molecule has 2 fully saturated rings. The molecule has 1 saturated heterocycles. The molecule has 13 heteroatoms. The van der Waals surface area contributed by atoms with Crippen LogP contribution in [0, 0.1) is 11.8 Å². The maximum absolute atomic E-state index is 13.2. The van der Waals surface area contributed by atoms with Crippen molar-refractivity contribution in [1.82, 2.24) is 28.6 Å². The Morgan fingerprint density at radius 1 is 0.935 bits per heavy atom. The summed E-state index contributed by atoms with van der Waals surface area (Å²) in [5.41, 5.74) is 8.91. The topological polar surface area (TPSA) is 152 Å². The lowest BCUT2D eigenvalue weighted by Crippen LogP contribution is -2.40. The predicted octanol–water partition coefficient (Wildman–Crippen LogP) is 4.00. The quantitative estimate of drug-likeness (QED) is 0.210. The van der Waals surface area contributed by atoms with Gasteiger partial charge in [-0.05, 0) is 86.0 Å². The molecule has 0 radical (unpaired) electrons. The lowest BCUT2D eigenvalue weighted by Gasteiger charge is -2.36. The molecule has 3 aromatic heterocycles. The van der Waals surface area contributed by atoms with Gasteiger partial charge in [0.05, 0.1) is 28.1 Å². The van der Waals surface area contributed by atoms with Crippen molar-refractivity contribution in [1.29, 1.82) is 0 Å². The number of rotatable bonds is 8. The van der Waals surface area contributed by atoms with Crippen LogP contribution in [-0.2, 0) is 16.4 Å². The average molecular weight is 662 g/mol. The van der Waals surface area contributed by atoms with Gasteiger partial charge in [0.2, 0.25) is 5.28 Å². The highest BCUT2D eigenvalue weighted by molar-refractivity contribution is 7.89. The van der Waals surface area contributed by atoms with E-state index in [1.807, 2.05) is 6.07 Å². The lowest BCUT2D eigenvalue weighted by atomic mass is 9.82. The number of piperidine rings is 1. The molecule has 1 aliphatic heterocycles. The highest BCUT2D eigenvalue weighted by atomic mass is 35.5. The van der Waals surface area contributed by atoms with Crippen LogP contribution in [0.15, 0.2) is 84.0 Å². The fourth-order valence-corrected chi connectivity index (χ4v) is 8.51. The number of anilines is 1. The molecule has 5 aromatic rings. The molecule has 7 rings (SSSR count). The number of likely N-dealkylation sites (tertiary alicyclic amines) is 1. The van der Waals surface area contributed by atoms with Gasteiger partial charge in [0, 0.05) is 24.5 Å². The normalized spacial score (nSPS) is 22.9. The number of benzene rings is 2. The van der Waals surface area contributed by atoms with Gasteiger partial charge in [0.25, 0.3) is 10.0 Å². The van der Waals surface area contributed by atoms with E-state index in [0.29, 0.717) is 28.7 Å². The lowest BCUT2D eigenvalue weighted by molar-refractivity contribution is -0.0121. The Morgan fingerprint density at radius 2 is 1.63 bits per heavy atom. The van der Waals surface area contributed by atoms with Crippen LogP contribution < -0.4 is 5.73 Å². The Morgan fingerprint density at radius 3 is 2.35 bits per heavy atom. The van der Waals surface area contributed by atoms with E-state index in [1.165, 1.54) is 23.9 Å². The summed E-state index contributed by atoms with van der Waals surface area (Å²) in [6.07, 6.45) is 4.62. The zero-order valence-corrected chi connectivity index (χ0v) is 26.7. The van der Waals surface area contributed by atoms with Crippen molar-refractivity contribution in [3.63, 3.8) is 0 Å². The summed E-state index contributed by atoms with van der Waals surface area (Å²) in [6.45, 7) is 2.90. The molecule has 1 aliphatic carbocycles. The second kappa shape index (κ2) is 12.4. The first kappa shape index (κ1) is 30.8. The number of aromatic nitrogens is 5.